The number of nitrogens with one attached hydrogen (secondary N) is 1. The van der Waals surface area contributed by atoms with Crippen molar-refractivity contribution in [1.82, 2.24) is 5.32 Å². The lowest BCUT2D eigenvalue weighted by molar-refractivity contribution is -0.118. The van der Waals surface area contributed by atoms with Gasteiger partial charge in [0.2, 0.25) is 5.91 Å². The smallest absolute Gasteiger partial charge is 0.257 e. The molecule has 0 unspecified atom stereocenters. The molecule has 0 aliphatic carbocycles. The standard InChI is InChI=1S/C9H9N2O2/c1-6(12)11-9(13)7-3-2-4-8(10)5-7/h3-5H,10H2,1H3,(H,11,12,13). The Balaban J connectivity index is 2.83. The molecule has 4 heteroatoms. The summed E-state index contributed by atoms with van der Waals surface area (Å²) in [7, 11) is 0. The van der Waals surface area contributed by atoms with Crippen LogP contribution in [-0.4, -0.2) is 11.8 Å². The lowest BCUT2D eigenvalue weighted by atomic mass is 10.2. The third-order valence-electron chi connectivity index (χ3n) is 1.36. The number of hydrogen-bond acceptors (Lipinski definition) is 3. The number of anilines is 1. The molecule has 2 amide bonds. The van der Waals surface area contributed by atoms with Crippen LogP contribution in [0.4, 0.5) is 5.69 Å². The van der Waals surface area contributed by atoms with E-state index in [1.54, 1.807) is 6.07 Å². The van der Waals surface area contributed by atoms with Gasteiger partial charge in [-0.25, -0.2) is 0 Å². The molecule has 0 bridgehead atoms. The van der Waals surface area contributed by atoms with Crippen LogP contribution < -0.4 is 11.1 Å². The predicted molar refractivity (Wildman–Crippen MR) is 47.8 cm³/mol. The lowest BCUT2D eigenvalue weighted by Crippen LogP contribution is -2.27. The molecule has 1 rings (SSSR count). The molecule has 0 aliphatic heterocycles. The molecule has 0 heterocycles. The fourth-order valence-corrected chi connectivity index (χ4v) is 0.854. The van der Waals surface area contributed by atoms with E-state index in [-0.39, 0.29) is 0 Å². The van der Waals surface area contributed by atoms with Crippen LogP contribution in [0.2, 0.25) is 0 Å². The second-order valence-electron chi connectivity index (χ2n) is 2.57. The van der Waals surface area contributed by atoms with Gasteiger partial charge >= 0.3 is 0 Å². The van der Waals surface area contributed by atoms with Crippen molar-refractivity contribution in [2.24, 2.45) is 0 Å². The van der Waals surface area contributed by atoms with Crippen LogP contribution >= 0.6 is 0 Å². The second-order valence-corrected chi connectivity index (χ2v) is 2.57. The summed E-state index contributed by atoms with van der Waals surface area (Å²) in [6.07, 6.45) is 0. The molecule has 1 radical (unpaired) electrons. The highest BCUT2D eigenvalue weighted by Gasteiger charge is 2.06. The van der Waals surface area contributed by atoms with Gasteiger partial charge in [0.15, 0.2) is 0 Å². The number of rotatable bonds is 1. The molecule has 1 aromatic carbocycles. The monoisotopic (exact) mass is 177 g/mol. The number of imide groups is 1. The van der Waals surface area contributed by atoms with Crippen molar-refractivity contribution in [1.29, 1.82) is 0 Å². The Bertz CT molecular complexity index is 347. The van der Waals surface area contributed by atoms with Gasteiger partial charge < -0.3 is 5.73 Å². The molecule has 0 fully saturated rings. The van der Waals surface area contributed by atoms with E-state index < -0.39 is 11.8 Å². The zero-order valence-corrected chi connectivity index (χ0v) is 7.13. The zero-order valence-electron chi connectivity index (χ0n) is 7.13. The third-order valence-corrected chi connectivity index (χ3v) is 1.36. The zero-order chi connectivity index (χ0) is 9.84. The summed E-state index contributed by atoms with van der Waals surface area (Å²) in [5, 5.41) is 2.13. The van der Waals surface area contributed by atoms with E-state index in [2.05, 4.69) is 11.4 Å². The molecule has 4 nitrogen and oxygen atoms in total. The Morgan fingerprint density at radius 1 is 1.46 bits per heavy atom. The number of amides is 2. The summed E-state index contributed by atoms with van der Waals surface area (Å²) in [5.41, 5.74) is 6.20. The first kappa shape index (κ1) is 9.25. The molecule has 0 saturated carbocycles. The highest BCUT2D eigenvalue weighted by molar-refractivity contribution is 6.04. The maximum Gasteiger partial charge on any atom is 0.257 e. The van der Waals surface area contributed by atoms with Crippen LogP contribution in [0.1, 0.15) is 17.3 Å². The van der Waals surface area contributed by atoms with Crippen LogP contribution in [0.15, 0.2) is 18.2 Å². The SMILES string of the molecule is CC(=O)NC(=O)c1c[c]cc(N)c1. The average Bonchev–Trinajstić information content (AvgIpc) is 2.03. The predicted octanol–water partition coefficient (Wildman–Crippen LogP) is 0.345. The Kier molecular flexibility index (Phi) is 2.64. The van der Waals surface area contributed by atoms with Crippen molar-refractivity contribution < 1.29 is 9.59 Å². The number of nitrogens with two attached hydrogens (primary N) is 1. The van der Waals surface area contributed by atoms with Gasteiger partial charge in [-0.05, 0) is 24.3 Å². The van der Waals surface area contributed by atoms with Crippen LogP contribution in [0.3, 0.4) is 0 Å². The Morgan fingerprint density at radius 2 is 2.15 bits per heavy atom. The first-order valence-corrected chi connectivity index (χ1v) is 3.68. The Morgan fingerprint density at radius 3 is 2.69 bits per heavy atom. The fraction of sp³-hybridized carbons (Fsp3) is 0.111. The number of carbonyl (C=O) groups is 2. The van der Waals surface area contributed by atoms with Gasteiger partial charge in [-0.2, -0.15) is 0 Å². The highest BCUT2D eigenvalue weighted by atomic mass is 16.2. The average molecular weight is 177 g/mol. The van der Waals surface area contributed by atoms with Crippen molar-refractivity contribution in [2.45, 2.75) is 6.92 Å². The fourth-order valence-electron chi connectivity index (χ4n) is 0.854. The molecule has 1 aromatic rings. The summed E-state index contributed by atoms with van der Waals surface area (Å²) in [6, 6.07) is 7.18. The molecular weight excluding hydrogens is 168 g/mol. The van der Waals surface area contributed by atoms with E-state index in [0.29, 0.717) is 11.3 Å². The first-order chi connectivity index (χ1) is 6.09. The van der Waals surface area contributed by atoms with Crippen LogP contribution in [-0.2, 0) is 4.79 Å². The first-order valence-electron chi connectivity index (χ1n) is 3.68. The van der Waals surface area contributed by atoms with E-state index >= 15 is 0 Å². The topological polar surface area (TPSA) is 72.2 Å². The van der Waals surface area contributed by atoms with E-state index in [9.17, 15) is 9.59 Å². The van der Waals surface area contributed by atoms with Crippen molar-refractivity contribution in [3.63, 3.8) is 0 Å². The van der Waals surface area contributed by atoms with Gasteiger partial charge in [0.05, 0.1) is 0 Å². The highest BCUT2D eigenvalue weighted by Crippen LogP contribution is 2.05. The Labute approximate surface area is 75.7 Å². The van der Waals surface area contributed by atoms with Crippen molar-refractivity contribution in [3.8, 4) is 0 Å². The van der Waals surface area contributed by atoms with Crippen molar-refractivity contribution in [2.75, 3.05) is 5.73 Å². The molecule has 67 valence electrons. The molecule has 3 N–H and O–H groups in total. The molecule has 0 spiro atoms. The van der Waals surface area contributed by atoms with E-state index in [1.807, 2.05) is 0 Å². The Hall–Kier alpha value is -1.84. The summed E-state index contributed by atoms with van der Waals surface area (Å²) >= 11 is 0. The van der Waals surface area contributed by atoms with Crippen LogP contribution in [0.5, 0.6) is 0 Å². The van der Waals surface area contributed by atoms with E-state index in [1.165, 1.54) is 19.1 Å². The van der Waals surface area contributed by atoms with E-state index in [4.69, 9.17) is 5.73 Å². The number of nitrogen functional groups attached to an aromatic ring is 1. The largest absolute Gasteiger partial charge is 0.399 e. The van der Waals surface area contributed by atoms with Gasteiger partial charge in [0.25, 0.3) is 5.91 Å². The molecule has 0 aromatic heterocycles. The normalized spacial score (nSPS) is 9.31. The van der Waals surface area contributed by atoms with Gasteiger partial charge in [0, 0.05) is 18.2 Å². The number of hydrogen-bond donors (Lipinski definition) is 2. The molecule has 0 aliphatic rings. The molecular formula is C9H9N2O2. The van der Waals surface area contributed by atoms with Gasteiger partial charge in [-0.3, -0.25) is 14.9 Å². The number of benzene rings is 1. The molecule has 0 saturated heterocycles. The second kappa shape index (κ2) is 3.71. The van der Waals surface area contributed by atoms with Gasteiger partial charge in [-0.15, -0.1) is 0 Å². The summed E-state index contributed by atoms with van der Waals surface area (Å²) < 4.78 is 0. The maximum atomic E-state index is 11.2. The van der Waals surface area contributed by atoms with Gasteiger partial charge in [0.1, 0.15) is 0 Å². The summed E-state index contributed by atoms with van der Waals surface area (Å²) in [5.74, 6) is -0.858. The van der Waals surface area contributed by atoms with Crippen molar-refractivity contribution >= 4 is 17.5 Å². The minimum absolute atomic E-state index is 0.329. The molecule has 13 heavy (non-hydrogen) atoms. The lowest BCUT2D eigenvalue weighted by Gasteiger charge is -2.00. The minimum atomic E-state index is -0.462. The quantitative estimate of drug-likeness (QED) is 0.608. The maximum absolute atomic E-state index is 11.2. The van der Waals surface area contributed by atoms with Gasteiger partial charge in [-0.1, -0.05) is 0 Å². The van der Waals surface area contributed by atoms with Crippen LogP contribution in [0.25, 0.3) is 0 Å². The van der Waals surface area contributed by atoms with E-state index in [0.717, 1.165) is 0 Å². The van der Waals surface area contributed by atoms with Crippen LogP contribution in [0, 0.1) is 6.07 Å². The third kappa shape index (κ3) is 2.59. The summed E-state index contributed by atoms with van der Waals surface area (Å²) in [4.78, 5) is 21.7. The summed E-state index contributed by atoms with van der Waals surface area (Å²) in [6.45, 7) is 1.27. The number of carbonyl (C=O) groups excluding carboxylic acids is 2. The minimum Gasteiger partial charge on any atom is -0.399 e. The molecule has 0 atom stereocenters. The van der Waals surface area contributed by atoms with Crippen molar-refractivity contribution in [3.05, 3.63) is 29.8 Å².